The van der Waals surface area contributed by atoms with Gasteiger partial charge in [-0.3, -0.25) is 4.57 Å². The van der Waals surface area contributed by atoms with Gasteiger partial charge in [0.15, 0.2) is 0 Å². The molecule has 0 aromatic heterocycles. The Morgan fingerprint density at radius 2 is 1.62 bits per heavy atom. The normalized spacial score (nSPS) is 25.0. The molecule has 0 aromatic rings. The van der Waals surface area contributed by atoms with E-state index in [4.69, 9.17) is 0 Å². The van der Waals surface area contributed by atoms with Gasteiger partial charge in [0.2, 0.25) is 8.10 Å². The molecule has 1 fully saturated rings. The van der Waals surface area contributed by atoms with E-state index in [0.29, 0.717) is 0 Å². The maximum Gasteiger partial charge on any atom is 0.228 e. The zero-order chi connectivity index (χ0) is 6.15. The summed E-state index contributed by atoms with van der Waals surface area (Å²) < 4.78 is 14.6. The Hall–Kier alpha value is 0.0200. The molecule has 0 unspecified atom stereocenters. The van der Waals surface area contributed by atoms with Crippen molar-refractivity contribution in [2.24, 2.45) is 0 Å². The molecule has 1 radical (unpaired) electrons. The Morgan fingerprint density at radius 3 is 1.75 bits per heavy atom. The molecular weight excluding hydrogens is 123 g/mol. The van der Waals surface area contributed by atoms with Gasteiger partial charge in [0.25, 0.3) is 0 Å². The molecule has 0 bridgehead atoms. The molecule has 3 nitrogen and oxygen atoms in total. The first-order valence-electron chi connectivity index (χ1n) is 2.61. The summed E-state index contributed by atoms with van der Waals surface area (Å²) in [6.45, 7) is 1.87. The van der Waals surface area contributed by atoms with E-state index in [2.05, 4.69) is 0 Å². The molecule has 0 saturated carbocycles. The number of hydrogen-bond donors (Lipinski definition) is 0. The molecule has 47 valence electrons. The van der Waals surface area contributed by atoms with Crippen LogP contribution in [-0.2, 0) is 4.57 Å². The fourth-order valence-electron chi connectivity index (χ4n) is 0.721. The quantitative estimate of drug-likeness (QED) is 0.450. The van der Waals surface area contributed by atoms with Gasteiger partial charge in [0.1, 0.15) is 0 Å². The molecule has 0 aromatic carbocycles. The van der Waals surface area contributed by atoms with E-state index in [1.807, 2.05) is 23.4 Å². The van der Waals surface area contributed by atoms with Gasteiger partial charge in [0.05, 0.1) is 0 Å². The standard InChI is InChI=1S/C4H10N2OP/c1-5-3-4-6(2)8(5)7/h3-4H2,1-2H3. The van der Waals surface area contributed by atoms with Crippen molar-refractivity contribution in [3.05, 3.63) is 0 Å². The third-order valence-corrected chi connectivity index (χ3v) is 2.90. The van der Waals surface area contributed by atoms with Gasteiger partial charge in [-0.1, -0.05) is 0 Å². The third kappa shape index (κ3) is 0.895. The molecule has 0 aliphatic carbocycles. The molecular formula is C4H10N2OP. The molecule has 1 aliphatic rings. The number of likely N-dealkylation sites (N-methyl/N-ethyl adjacent to an activating group) is 2. The minimum absolute atomic E-state index is 0.936. The van der Waals surface area contributed by atoms with Crippen LogP contribution in [0.3, 0.4) is 0 Å². The Morgan fingerprint density at radius 1 is 1.25 bits per heavy atom. The van der Waals surface area contributed by atoms with Gasteiger partial charge in [0, 0.05) is 13.1 Å². The number of rotatable bonds is 0. The predicted octanol–water partition coefficient (Wildman–Crippen LogP) is 0.521. The Balaban J connectivity index is 2.57. The number of nitrogens with zero attached hydrogens (tertiary/aromatic N) is 2. The minimum Gasteiger partial charge on any atom is -0.251 e. The van der Waals surface area contributed by atoms with Gasteiger partial charge in [-0.15, -0.1) is 0 Å². The molecule has 0 spiro atoms. The summed E-state index contributed by atoms with van der Waals surface area (Å²) in [5.41, 5.74) is 0. The topological polar surface area (TPSA) is 23.6 Å². The second kappa shape index (κ2) is 2.09. The van der Waals surface area contributed by atoms with Crippen LogP contribution in [0.25, 0.3) is 0 Å². The average molecular weight is 133 g/mol. The van der Waals surface area contributed by atoms with Gasteiger partial charge in [-0.2, -0.15) is 0 Å². The van der Waals surface area contributed by atoms with Crippen molar-refractivity contribution in [3.63, 3.8) is 0 Å². The Bertz CT molecular complexity index is 105. The largest absolute Gasteiger partial charge is 0.251 e. The number of hydrogen-bond acceptors (Lipinski definition) is 1. The highest BCUT2D eigenvalue weighted by Crippen LogP contribution is 2.33. The first kappa shape index (κ1) is 6.14. The van der Waals surface area contributed by atoms with Crippen molar-refractivity contribution in [2.45, 2.75) is 0 Å². The maximum absolute atomic E-state index is 10.9. The summed E-state index contributed by atoms with van der Waals surface area (Å²) >= 11 is 0. The summed E-state index contributed by atoms with van der Waals surface area (Å²) in [6, 6.07) is 0. The molecule has 0 N–H and O–H groups in total. The average Bonchev–Trinajstić information content (AvgIpc) is 1.98. The minimum atomic E-state index is -1.17. The lowest BCUT2D eigenvalue weighted by molar-refractivity contribution is 0.514. The fraction of sp³-hybridized carbons (Fsp3) is 1.00. The molecule has 8 heavy (non-hydrogen) atoms. The van der Waals surface area contributed by atoms with Crippen molar-refractivity contribution in [1.29, 1.82) is 0 Å². The zero-order valence-corrected chi connectivity index (χ0v) is 6.06. The SMILES string of the molecule is CN1CCN(C)[P]1=O. The van der Waals surface area contributed by atoms with Crippen molar-refractivity contribution in [3.8, 4) is 0 Å². The Kier molecular flexibility index (Phi) is 1.61. The van der Waals surface area contributed by atoms with Crippen LogP contribution in [0, 0.1) is 0 Å². The van der Waals surface area contributed by atoms with Gasteiger partial charge >= 0.3 is 0 Å². The second-order valence-corrected chi connectivity index (χ2v) is 3.89. The molecule has 1 saturated heterocycles. The van der Waals surface area contributed by atoms with Crippen LogP contribution in [0.5, 0.6) is 0 Å². The van der Waals surface area contributed by atoms with Crippen LogP contribution in [-0.4, -0.2) is 36.5 Å². The van der Waals surface area contributed by atoms with Gasteiger partial charge < -0.3 is 0 Å². The lowest BCUT2D eigenvalue weighted by atomic mass is 10.6. The molecule has 0 atom stereocenters. The lowest BCUT2D eigenvalue weighted by Crippen LogP contribution is -2.05. The van der Waals surface area contributed by atoms with Gasteiger partial charge in [-0.05, 0) is 14.1 Å². The summed E-state index contributed by atoms with van der Waals surface area (Å²) in [7, 11) is 2.58. The first-order valence-corrected chi connectivity index (χ1v) is 3.77. The van der Waals surface area contributed by atoms with Crippen LogP contribution in [0.15, 0.2) is 0 Å². The highest BCUT2D eigenvalue weighted by Gasteiger charge is 2.21. The Labute approximate surface area is 50.2 Å². The molecule has 1 heterocycles. The van der Waals surface area contributed by atoms with E-state index in [9.17, 15) is 4.57 Å². The van der Waals surface area contributed by atoms with Crippen LogP contribution in [0.1, 0.15) is 0 Å². The zero-order valence-electron chi connectivity index (χ0n) is 5.16. The third-order valence-electron chi connectivity index (χ3n) is 1.33. The van der Waals surface area contributed by atoms with E-state index >= 15 is 0 Å². The second-order valence-electron chi connectivity index (χ2n) is 2.02. The van der Waals surface area contributed by atoms with Crippen LogP contribution in [0.2, 0.25) is 0 Å². The lowest BCUT2D eigenvalue weighted by Gasteiger charge is -2.04. The van der Waals surface area contributed by atoms with E-state index in [1.54, 1.807) is 0 Å². The van der Waals surface area contributed by atoms with Gasteiger partial charge in [-0.25, -0.2) is 9.34 Å². The summed E-state index contributed by atoms with van der Waals surface area (Å²) in [5, 5.41) is 0. The van der Waals surface area contributed by atoms with Crippen molar-refractivity contribution in [2.75, 3.05) is 27.2 Å². The summed E-state index contributed by atoms with van der Waals surface area (Å²) in [6.07, 6.45) is 0. The monoisotopic (exact) mass is 133 g/mol. The summed E-state index contributed by atoms with van der Waals surface area (Å²) in [5.74, 6) is 0. The maximum atomic E-state index is 10.9. The fourth-order valence-corrected chi connectivity index (χ4v) is 1.76. The van der Waals surface area contributed by atoms with E-state index in [0.717, 1.165) is 13.1 Å². The molecule has 0 amide bonds. The summed E-state index contributed by atoms with van der Waals surface area (Å²) in [4.78, 5) is 0. The smallest absolute Gasteiger partial charge is 0.228 e. The highest BCUT2D eigenvalue weighted by atomic mass is 31.1. The van der Waals surface area contributed by atoms with Crippen LogP contribution in [0.4, 0.5) is 0 Å². The van der Waals surface area contributed by atoms with E-state index in [1.165, 1.54) is 0 Å². The van der Waals surface area contributed by atoms with Crippen LogP contribution >= 0.6 is 8.10 Å². The van der Waals surface area contributed by atoms with Crippen molar-refractivity contribution in [1.82, 2.24) is 9.34 Å². The predicted molar refractivity (Wildman–Crippen MR) is 32.9 cm³/mol. The van der Waals surface area contributed by atoms with E-state index in [-0.39, 0.29) is 0 Å². The molecule has 1 rings (SSSR count). The van der Waals surface area contributed by atoms with Crippen molar-refractivity contribution >= 4 is 8.10 Å². The first-order chi connectivity index (χ1) is 3.72. The van der Waals surface area contributed by atoms with E-state index < -0.39 is 8.10 Å². The highest BCUT2D eigenvalue weighted by molar-refractivity contribution is 7.39. The van der Waals surface area contributed by atoms with Crippen LogP contribution < -0.4 is 0 Å². The molecule has 4 heteroatoms. The molecule has 1 aliphatic heterocycles. The van der Waals surface area contributed by atoms with Crippen molar-refractivity contribution < 1.29 is 4.57 Å².